The number of likely N-dealkylation sites (N-methyl/N-ethyl adjacent to an activating group) is 1. The highest BCUT2D eigenvalue weighted by Crippen LogP contribution is 2.03. The van der Waals surface area contributed by atoms with E-state index in [0.717, 1.165) is 6.54 Å². The predicted octanol–water partition coefficient (Wildman–Crippen LogP) is -0.151. The molecule has 0 spiro atoms. The fourth-order valence-electron chi connectivity index (χ4n) is 0.867. The molecule has 0 fully saturated rings. The number of aliphatic hydroxyl groups is 1. The Morgan fingerprint density at radius 1 is 1.88 bits per heavy atom. The van der Waals surface area contributed by atoms with Gasteiger partial charge in [-0.15, -0.1) is 0 Å². The van der Waals surface area contributed by atoms with Gasteiger partial charge < -0.3 is 5.11 Å². The number of hydrogen-bond acceptors (Lipinski definition) is 2. The molecule has 0 aromatic carbocycles. The molecule has 1 heterocycles. The van der Waals surface area contributed by atoms with Gasteiger partial charge in [0, 0.05) is 6.54 Å². The van der Waals surface area contributed by atoms with Gasteiger partial charge in [0.2, 0.25) is 0 Å². The van der Waals surface area contributed by atoms with E-state index in [9.17, 15) is 0 Å². The highest BCUT2D eigenvalue weighted by Gasteiger charge is 2.12. The SMILES string of the molecule is CN1CC=CC1CO. The van der Waals surface area contributed by atoms with Crippen molar-refractivity contribution in [2.75, 3.05) is 20.2 Å². The Morgan fingerprint density at radius 2 is 2.62 bits per heavy atom. The van der Waals surface area contributed by atoms with Gasteiger partial charge in [-0.25, -0.2) is 0 Å². The lowest BCUT2D eigenvalue weighted by Gasteiger charge is -2.15. The van der Waals surface area contributed by atoms with Crippen LogP contribution in [0.25, 0.3) is 0 Å². The van der Waals surface area contributed by atoms with Gasteiger partial charge in [-0.1, -0.05) is 12.2 Å². The van der Waals surface area contributed by atoms with Gasteiger partial charge in [0.1, 0.15) is 0 Å². The summed E-state index contributed by atoms with van der Waals surface area (Å²) in [7, 11) is 2.00. The summed E-state index contributed by atoms with van der Waals surface area (Å²) >= 11 is 0. The van der Waals surface area contributed by atoms with Crippen molar-refractivity contribution in [1.29, 1.82) is 0 Å². The molecule has 0 radical (unpaired) electrons. The van der Waals surface area contributed by atoms with E-state index in [1.165, 1.54) is 0 Å². The van der Waals surface area contributed by atoms with E-state index in [0.29, 0.717) is 0 Å². The number of rotatable bonds is 1. The quantitative estimate of drug-likeness (QED) is 0.478. The molecule has 1 aliphatic rings. The normalized spacial score (nSPS) is 29.5. The van der Waals surface area contributed by atoms with Gasteiger partial charge in [0.05, 0.1) is 12.6 Å². The van der Waals surface area contributed by atoms with Crippen LogP contribution in [-0.2, 0) is 0 Å². The van der Waals surface area contributed by atoms with Crippen molar-refractivity contribution in [3.63, 3.8) is 0 Å². The first-order valence-corrected chi connectivity index (χ1v) is 2.82. The smallest absolute Gasteiger partial charge is 0.0622 e. The number of nitrogens with zero attached hydrogens (tertiary/aromatic N) is 1. The van der Waals surface area contributed by atoms with Crippen LogP contribution in [0.2, 0.25) is 0 Å². The maximum Gasteiger partial charge on any atom is 0.0622 e. The van der Waals surface area contributed by atoms with Crippen LogP contribution in [-0.4, -0.2) is 36.2 Å². The molecule has 0 aromatic heterocycles. The van der Waals surface area contributed by atoms with Gasteiger partial charge in [-0.2, -0.15) is 0 Å². The highest BCUT2D eigenvalue weighted by molar-refractivity contribution is 5.02. The molecule has 1 aliphatic heterocycles. The molecule has 1 N–H and O–H groups in total. The van der Waals surface area contributed by atoms with E-state index < -0.39 is 0 Å². The summed E-state index contributed by atoms with van der Waals surface area (Å²) in [5.74, 6) is 0. The first-order valence-electron chi connectivity index (χ1n) is 2.82. The largest absolute Gasteiger partial charge is 0.394 e. The molecule has 8 heavy (non-hydrogen) atoms. The zero-order valence-corrected chi connectivity index (χ0v) is 5.04. The van der Waals surface area contributed by atoms with E-state index in [1.54, 1.807) is 0 Å². The van der Waals surface area contributed by atoms with Crippen molar-refractivity contribution in [3.05, 3.63) is 12.2 Å². The minimum absolute atomic E-state index is 0.243. The number of hydrogen-bond donors (Lipinski definition) is 1. The zero-order valence-electron chi connectivity index (χ0n) is 5.04. The monoisotopic (exact) mass is 113 g/mol. The zero-order chi connectivity index (χ0) is 5.98. The lowest BCUT2D eigenvalue weighted by atomic mass is 10.3. The minimum atomic E-state index is 0.243. The van der Waals surface area contributed by atoms with Crippen LogP contribution >= 0.6 is 0 Å². The second-order valence-electron chi connectivity index (χ2n) is 2.12. The van der Waals surface area contributed by atoms with Crippen LogP contribution in [0.1, 0.15) is 0 Å². The Hall–Kier alpha value is -0.340. The average Bonchev–Trinajstić information content (AvgIpc) is 2.14. The van der Waals surface area contributed by atoms with E-state index in [2.05, 4.69) is 11.0 Å². The second-order valence-corrected chi connectivity index (χ2v) is 2.12. The Labute approximate surface area is 49.4 Å². The molecule has 1 rings (SSSR count). The molecule has 2 heteroatoms. The summed E-state index contributed by atoms with van der Waals surface area (Å²) in [5, 5.41) is 8.64. The summed E-state index contributed by atoms with van der Waals surface area (Å²) in [6, 6.07) is 0.273. The van der Waals surface area contributed by atoms with E-state index in [4.69, 9.17) is 5.11 Å². The van der Waals surface area contributed by atoms with Crippen LogP contribution in [0.15, 0.2) is 12.2 Å². The lowest BCUT2D eigenvalue weighted by Crippen LogP contribution is -2.28. The standard InChI is InChI=1S/C6H11NO/c1-7-4-2-3-6(7)5-8/h2-3,6,8H,4-5H2,1H3. The van der Waals surface area contributed by atoms with Crippen molar-refractivity contribution in [3.8, 4) is 0 Å². The van der Waals surface area contributed by atoms with E-state index >= 15 is 0 Å². The van der Waals surface area contributed by atoms with Crippen LogP contribution < -0.4 is 0 Å². The fraction of sp³-hybridized carbons (Fsp3) is 0.667. The Balaban J connectivity index is 2.41. The number of aliphatic hydroxyl groups excluding tert-OH is 1. The van der Waals surface area contributed by atoms with Gasteiger partial charge in [-0.05, 0) is 7.05 Å². The minimum Gasteiger partial charge on any atom is -0.394 e. The van der Waals surface area contributed by atoms with Crippen LogP contribution in [0, 0.1) is 0 Å². The van der Waals surface area contributed by atoms with E-state index in [1.807, 2.05) is 13.1 Å². The summed E-state index contributed by atoms with van der Waals surface area (Å²) in [6.07, 6.45) is 4.10. The molecule has 1 atom stereocenters. The molecule has 0 amide bonds. The summed E-state index contributed by atoms with van der Waals surface area (Å²) < 4.78 is 0. The highest BCUT2D eigenvalue weighted by atomic mass is 16.3. The maximum absolute atomic E-state index is 8.64. The molecule has 0 saturated heterocycles. The van der Waals surface area contributed by atoms with E-state index in [-0.39, 0.29) is 12.6 Å². The molecule has 0 saturated carbocycles. The summed E-state index contributed by atoms with van der Waals surface area (Å²) in [6.45, 7) is 1.22. The van der Waals surface area contributed by atoms with Crippen molar-refractivity contribution in [2.24, 2.45) is 0 Å². The molecular formula is C6H11NO. The summed E-state index contributed by atoms with van der Waals surface area (Å²) in [4.78, 5) is 2.10. The molecule has 1 unspecified atom stereocenters. The Bertz CT molecular complexity index is 101. The lowest BCUT2D eigenvalue weighted by molar-refractivity contribution is 0.199. The Kier molecular flexibility index (Phi) is 1.65. The van der Waals surface area contributed by atoms with Crippen molar-refractivity contribution < 1.29 is 5.11 Å². The fourth-order valence-corrected chi connectivity index (χ4v) is 0.867. The summed E-state index contributed by atoms with van der Waals surface area (Å²) in [5.41, 5.74) is 0. The second kappa shape index (κ2) is 2.29. The van der Waals surface area contributed by atoms with Gasteiger partial charge >= 0.3 is 0 Å². The first kappa shape index (κ1) is 5.79. The third-order valence-corrected chi connectivity index (χ3v) is 1.50. The van der Waals surface area contributed by atoms with Crippen molar-refractivity contribution in [1.82, 2.24) is 4.90 Å². The van der Waals surface area contributed by atoms with Crippen molar-refractivity contribution in [2.45, 2.75) is 6.04 Å². The maximum atomic E-state index is 8.64. The topological polar surface area (TPSA) is 23.5 Å². The van der Waals surface area contributed by atoms with Gasteiger partial charge in [0.25, 0.3) is 0 Å². The molecular weight excluding hydrogens is 102 g/mol. The van der Waals surface area contributed by atoms with Crippen molar-refractivity contribution >= 4 is 0 Å². The van der Waals surface area contributed by atoms with Gasteiger partial charge in [-0.3, -0.25) is 4.90 Å². The Morgan fingerprint density at radius 3 is 2.88 bits per heavy atom. The van der Waals surface area contributed by atoms with Crippen LogP contribution in [0.3, 0.4) is 0 Å². The van der Waals surface area contributed by atoms with Crippen LogP contribution in [0.5, 0.6) is 0 Å². The molecule has 46 valence electrons. The van der Waals surface area contributed by atoms with Gasteiger partial charge in [0.15, 0.2) is 0 Å². The molecule has 0 bridgehead atoms. The third-order valence-electron chi connectivity index (χ3n) is 1.50. The van der Waals surface area contributed by atoms with Crippen LogP contribution in [0.4, 0.5) is 0 Å². The average molecular weight is 113 g/mol. The molecule has 2 nitrogen and oxygen atoms in total. The molecule has 0 aromatic rings. The first-order chi connectivity index (χ1) is 3.84. The third kappa shape index (κ3) is 0.904. The molecule has 0 aliphatic carbocycles. The predicted molar refractivity (Wildman–Crippen MR) is 32.6 cm³/mol.